The number of hydrogen-bond acceptors (Lipinski definition) is 7. The smallest absolute Gasteiger partial charge is 0.253 e. The Morgan fingerprint density at radius 2 is 1.97 bits per heavy atom. The Labute approximate surface area is 186 Å². The van der Waals surface area contributed by atoms with Crippen LogP contribution in [0.4, 0.5) is 0 Å². The van der Waals surface area contributed by atoms with Crippen LogP contribution < -0.4 is 10.1 Å². The van der Waals surface area contributed by atoms with Gasteiger partial charge < -0.3 is 10.1 Å². The quantitative estimate of drug-likeness (QED) is 0.607. The molecule has 0 atom stereocenters. The van der Waals surface area contributed by atoms with Crippen LogP contribution in [0.3, 0.4) is 0 Å². The van der Waals surface area contributed by atoms with Gasteiger partial charge in [0.1, 0.15) is 17.0 Å². The van der Waals surface area contributed by atoms with Gasteiger partial charge in [0, 0.05) is 24.0 Å². The highest BCUT2D eigenvalue weighted by Crippen LogP contribution is 2.32. The van der Waals surface area contributed by atoms with E-state index in [1.807, 2.05) is 24.6 Å². The van der Waals surface area contributed by atoms with Crippen molar-refractivity contribution in [1.82, 2.24) is 25.1 Å². The second-order valence-electron chi connectivity index (χ2n) is 9.25. The van der Waals surface area contributed by atoms with Gasteiger partial charge in [0.25, 0.3) is 5.91 Å². The first kappa shape index (κ1) is 20.9. The zero-order valence-electron chi connectivity index (χ0n) is 18.2. The molecule has 10 heteroatoms. The molecule has 0 bridgehead atoms. The molecule has 1 saturated carbocycles. The van der Waals surface area contributed by atoms with Gasteiger partial charge in [-0.05, 0) is 45.7 Å². The topological polar surface area (TPSA) is 116 Å². The summed E-state index contributed by atoms with van der Waals surface area (Å²) in [5, 5.41) is 7.60. The van der Waals surface area contributed by atoms with Gasteiger partial charge >= 0.3 is 0 Å². The maximum Gasteiger partial charge on any atom is 0.253 e. The van der Waals surface area contributed by atoms with Crippen LogP contribution in [-0.2, 0) is 9.84 Å². The van der Waals surface area contributed by atoms with E-state index in [2.05, 4.69) is 15.3 Å². The Bertz CT molecular complexity index is 1320. The molecule has 1 amide bonds. The molecule has 2 fully saturated rings. The standard InChI is InChI=1S/C22H25N5O4S/c1-13(2)27-18-7-15(21(28)25-22(3)11-32(29,30)12-22)9-24-20(18)19(26-27)14-6-17(10-23-8-14)31-16-4-5-16/h6-10,13,16H,4-5,11-12H2,1-3H3,(H,25,28). The molecular formula is C22H25N5O4S. The molecule has 5 rings (SSSR count). The van der Waals surface area contributed by atoms with E-state index >= 15 is 0 Å². The van der Waals surface area contributed by atoms with Crippen LogP contribution in [0, 0.1) is 0 Å². The van der Waals surface area contributed by atoms with Crippen molar-refractivity contribution >= 4 is 26.8 Å². The lowest BCUT2D eigenvalue weighted by Gasteiger charge is -2.38. The highest BCUT2D eigenvalue weighted by molar-refractivity contribution is 7.93. The number of amides is 1. The molecule has 1 N–H and O–H groups in total. The van der Waals surface area contributed by atoms with Gasteiger partial charge in [-0.1, -0.05) is 0 Å². The lowest BCUT2D eigenvalue weighted by Crippen LogP contribution is -2.63. The largest absolute Gasteiger partial charge is 0.489 e. The monoisotopic (exact) mass is 455 g/mol. The van der Waals surface area contributed by atoms with Crippen molar-refractivity contribution in [2.45, 2.75) is 51.3 Å². The molecule has 3 aromatic rings. The van der Waals surface area contributed by atoms with Crippen LogP contribution in [0.5, 0.6) is 5.75 Å². The van der Waals surface area contributed by atoms with E-state index < -0.39 is 15.4 Å². The predicted octanol–water partition coefficient (Wildman–Crippen LogP) is 2.53. The van der Waals surface area contributed by atoms with Crippen molar-refractivity contribution in [1.29, 1.82) is 0 Å². The molecule has 0 radical (unpaired) electrons. The number of sulfone groups is 1. The van der Waals surface area contributed by atoms with Crippen LogP contribution >= 0.6 is 0 Å². The van der Waals surface area contributed by atoms with Crippen molar-refractivity contribution < 1.29 is 17.9 Å². The summed E-state index contributed by atoms with van der Waals surface area (Å²) in [5.74, 6) is 0.247. The van der Waals surface area contributed by atoms with Crippen molar-refractivity contribution in [2.75, 3.05) is 11.5 Å². The summed E-state index contributed by atoms with van der Waals surface area (Å²) in [7, 11) is -3.06. The van der Waals surface area contributed by atoms with E-state index in [1.54, 1.807) is 25.4 Å². The Kier molecular flexibility index (Phi) is 4.74. The molecule has 4 heterocycles. The highest BCUT2D eigenvalue weighted by atomic mass is 32.2. The number of hydrogen-bond donors (Lipinski definition) is 1. The third-order valence-corrected chi connectivity index (χ3v) is 7.76. The van der Waals surface area contributed by atoms with Gasteiger partial charge in [-0.15, -0.1) is 0 Å². The molecule has 1 saturated heterocycles. The summed E-state index contributed by atoms with van der Waals surface area (Å²) < 4.78 is 30.8. The van der Waals surface area contributed by atoms with E-state index in [-0.39, 0.29) is 29.6 Å². The molecule has 0 spiro atoms. The van der Waals surface area contributed by atoms with Gasteiger partial charge in [-0.3, -0.25) is 19.4 Å². The van der Waals surface area contributed by atoms with Gasteiger partial charge in [0.2, 0.25) is 0 Å². The number of pyridine rings is 2. The van der Waals surface area contributed by atoms with E-state index in [1.165, 1.54) is 6.20 Å². The summed E-state index contributed by atoms with van der Waals surface area (Å²) >= 11 is 0. The Morgan fingerprint density at radius 3 is 2.62 bits per heavy atom. The van der Waals surface area contributed by atoms with Crippen molar-refractivity contribution in [3.63, 3.8) is 0 Å². The van der Waals surface area contributed by atoms with E-state index in [4.69, 9.17) is 9.84 Å². The third-order valence-electron chi connectivity index (χ3n) is 5.60. The van der Waals surface area contributed by atoms with Crippen LogP contribution in [-0.4, -0.2) is 57.2 Å². The summed E-state index contributed by atoms with van der Waals surface area (Å²) in [6, 6.07) is 3.71. The molecule has 0 unspecified atom stereocenters. The maximum absolute atomic E-state index is 12.8. The molecule has 1 aliphatic heterocycles. The average molecular weight is 456 g/mol. The normalized spacial score (nSPS) is 19.0. The molecule has 168 valence electrons. The minimum atomic E-state index is -3.06. The average Bonchev–Trinajstić information content (AvgIpc) is 3.42. The maximum atomic E-state index is 12.8. The van der Waals surface area contributed by atoms with Gasteiger partial charge in [0.15, 0.2) is 9.84 Å². The van der Waals surface area contributed by atoms with Gasteiger partial charge in [0.05, 0.1) is 40.4 Å². The zero-order valence-corrected chi connectivity index (χ0v) is 19.0. The fourth-order valence-electron chi connectivity index (χ4n) is 4.07. The lowest BCUT2D eigenvalue weighted by molar-refractivity contribution is 0.0916. The molecule has 3 aromatic heterocycles. The summed E-state index contributed by atoms with van der Waals surface area (Å²) in [6.45, 7) is 5.75. The SMILES string of the molecule is CC(C)n1nc(-c2cncc(OC3CC3)c2)c2ncc(C(=O)NC3(C)CS(=O)(=O)C3)cc21. The molecular weight excluding hydrogens is 430 g/mol. The van der Waals surface area contributed by atoms with E-state index in [0.29, 0.717) is 22.5 Å². The number of ether oxygens (including phenoxy) is 1. The Balaban J connectivity index is 1.49. The first-order valence-electron chi connectivity index (χ1n) is 10.7. The first-order valence-corrected chi connectivity index (χ1v) is 12.5. The van der Waals surface area contributed by atoms with Gasteiger partial charge in [-0.2, -0.15) is 5.10 Å². The van der Waals surface area contributed by atoms with Crippen LogP contribution in [0.1, 0.15) is 50.0 Å². The molecule has 9 nitrogen and oxygen atoms in total. The summed E-state index contributed by atoms with van der Waals surface area (Å²) in [5.41, 5.74) is 2.47. The number of carbonyl (C=O) groups is 1. The predicted molar refractivity (Wildman–Crippen MR) is 119 cm³/mol. The van der Waals surface area contributed by atoms with Gasteiger partial charge in [-0.25, -0.2) is 8.42 Å². The third kappa shape index (κ3) is 3.94. The minimum Gasteiger partial charge on any atom is -0.489 e. The summed E-state index contributed by atoms with van der Waals surface area (Å²) in [4.78, 5) is 21.7. The van der Waals surface area contributed by atoms with E-state index in [9.17, 15) is 13.2 Å². The van der Waals surface area contributed by atoms with Crippen LogP contribution in [0.2, 0.25) is 0 Å². The van der Waals surface area contributed by atoms with Crippen LogP contribution in [0.25, 0.3) is 22.3 Å². The molecule has 1 aliphatic carbocycles. The van der Waals surface area contributed by atoms with Crippen molar-refractivity contribution in [3.05, 3.63) is 36.3 Å². The second kappa shape index (κ2) is 7.26. The van der Waals surface area contributed by atoms with Crippen LogP contribution in [0.15, 0.2) is 30.7 Å². The van der Waals surface area contributed by atoms with Crippen molar-refractivity contribution in [3.8, 4) is 17.0 Å². The molecule has 2 aliphatic rings. The summed E-state index contributed by atoms with van der Waals surface area (Å²) in [6.07, 6.45) is 7.32. The number of nitrogens with zero attached hydrogens (tertiary/aromatic N) is 4. The molecule has 0 aromatic carbocycles. The molecule has 32 heavy (non-hydrogen) atoms. The number of nitrogens with one attached hydrogen (secondary N) is 1. The fraction of sp³-hybridized carbons (Fsp3) is 0.455. The highest BCUT2D eigenvalue weighted by Gasteiger charge is 2.45. The number of aromatic nitrogens is 4. The Morgan fingerprint density at radius 1 is 1.22 bits per heavy atom. The minimum absolute atomic E-state index is 0.0412. The number of carbonyl (C=O) groups excluding carboxylic acids is 1. The van der Waals surface area contributed by atoms with E-state index in [0.717, 1.165) is 23.9 Å². The number of fused-ring (bicyclic) bond motifs is 1. The second-order valence-corrected chi connectivity index (χ2v) is 11.3. The first-order chi connectivity index (χ1) is 15.1. The van der Waals surface area contributed by atoms with Crippen molar-refractivity contribution in [2.24, 2.45) is 0 Å². The zero-order chi connectivity index (χ0) is 22.7. The fourth-order valence-corrected chi connectivity index (χ4v) is 6.07. The number of rotatable bonds is 6. The Hall–Kier alpha value is -3.01. The lowest BCUT2D eigenvalue weighted by atomic mass is 10.1.